The summed E-state index contributed by atoms with van der Waals surface area (Å²) in [6.45, 7) is 5.47. The topological polar surface area (TPSA) is 133 Å². The third-order valence-electron chi connectivity index (χ3n) is 7.53. The van der Waals surface area contributed by atoms with Crippen molar-refractivity contribution in [3.05, 3.63) is 102 Å². The second-order valence-corrected chi connectivity index (χ2v) is 13.3. The Morgan fingerprint density at radius 3 is 2.34 bits per heavy atom. The lowest BCUT2D eigenvalue weighted by molar-refractivity contribution is -0.114. The van der Waals surface area contributed by atoms with Crippen LogP contribution >= 0.6 is 0 Å². The molecule has 1 fully saturated rings. The molecule has 0 aliphatic carbocycles. The minimum atomic E-state index is -3.36. The second kappa shape index (κ2) is 14.6. The van der Waals surface area contributed by atoms with Gasteiger partial charge in [0.15, 0.2) is 0 Å². The van der Waals surface area contributed by atoms with E-state index in [1.54, 1.807) is 41.4 Å². The number of ether oxygens (including phenoxy) is 1. The molecule has 0 atom stereocenters. The number of likely N-dealkylation sites (tertiary alicyclic amines) is 1. The quantitative estimate of drug-likeness (QED) is 0.180. The van der Waals surface area contributed by atoms with Gasteiger partial charge in [-0.15, -0.1) is 0 Å². The molecule has 0 bridgehead atoms. The maximum atomic E-state index is 14.2. The van der Waals surface area contributed by atoms with Crippen LogP contribution in [-0.4, -0.2) is 55.6 Å². The van der Waals surface area contributed by atoms with Gasteiger partial charge in [-0.3, -0.25) is 19.3 Å². The third-order valence-corrected chi connectivity index (χ3v) is 8.14. The highest BCUT2D eigenvalue weighted by Crippen LogP contribution is 2.28. The van der Waals surface area contributed by atoms with Crippen LogP contribution in [0.4, 0.5) is 31.9 Å². The minimum Gasteiger partial charge on any atom is -0.439 e. The number of carbonyl (C=O) groups excluding carboxylic acids is 2. The number of amides is 3. The average Bonchev–Trinajstić information content (AvgIpc) is 3.01. The summed E-state index contributed by atoms with van der Waals surface area (Å²) in [6.07, 6.45) is 4.33. The number of aromatic nitrogens is 1. The van der Waals surface area contributed by atoms with Crippen molar-refractivity contribution in [2.45, 2.75) is 39.3 Å². The second-order valence-electron chi connectivity index (χ2n) is 11.5. The number of hydrogen-bond donors (Lipinski definition) is 3. The molecule has 3 aromatic carbocycles. The molecule has 0 saturated carbocycles. The van der Waals surface area contributed by atoms with E-state index in [1.807, 2.05) is 37.3 Å². The zero-order valence-corrected chi connectivity index (χ0v) is 27.2. The molecule has 4 aromatic rings. The van der Waals surface area contributed by atoms with Crippen LogP contribution in [0.5, 0.6) is 11.6 Å². The lowest BCUT2D eigenvalue weighted by Gasteiger charge is -2.38. The van der Waals surface area contributed by atoms with Gasteiger partial charge in [-0.05, 0) is 85.5 Å². The summed E-state index contributed by atoms with van der Waals surface area (Å²) < 4.78 is 45.2. The number of rotatable bonds is 10. The highest BCUT2D eigenvalue weighted by Gasteiger charge is 2.30. The van der Waals surface area contributed by atoms with Gasteiger partial charge >= 0.3 is 6.03 Å². The minimum absolute atomic E-state index is 0.00191. The monoisotopic (exact) mass is 660 g/mol. The fourth-order valence-corrected chi connectivity index (χ4v) is 5.99. The van der Waals surface area contributed by atoms with Crippen molar-refractivity contribution in [3.8, 4) is 11.6 Å². The van der Waals surface area contributed by atoms with Gasteiger partial charge in [0.25, 0.3) is 0 Å². The first kappa shape index (κ1) is 33.4. The molecule has 3 amide bonds. The van der Waals surface area contributed by atoms with Crippen molar-refractivity contribution in [2.75, 3.05) is 39.6 Å². The summed E-state index contributed by atoms with van der Waals surface area (Å²) in [5, 5.41) is 5.34. The van der Waals surface area contributed by atoms with Gasteiger partial charge in [0, 0.05) is 61.9 Å². The van der Waals surface area contributed by atoms with Gasteiger partial charge in [-0.2, -0.15) is 0 Å². The molecule has 1 aliphatic heterocycles. The Morgan fingerprint density at radius 2 is 1.70 bits per heavy atom. The van der Waals surface area contributed by atoms with E-state index in [0.29, 0.717) is 29.5 Å². The van der Waals surface area contributed by atoms with E-state index in [1.165, 1.54) is 25.1 Å². The van der Waals surface area contributed by atoms with E-state index >= 15 is 0 Å². The van der Waals surface area contributed by atoms with Crippen molar-refractivity contribution in [3.63, 3.8) is 0 Å². The van der Waals surface area contributed by atoms with Crippen molar-refractivity contribution in [2.24, 2.45) is 0 Å². The Hall–Kier alpha value is -5.01. The molecule has 47 heavy (non-hydrogen) atoms. The molecule has 1 aromatic heterocycles. The Balaban J connectivity index is 1.20. The third kappa shape index (κ3) is 9.50. The lowest BCUT2D eigenvalue weighted by atomic mass is 10.0. The van der Waals surface area contributed by atoms with Crippen molar-refractivity contribution in [1.82, 2.24) is 9.88 Å². The van der Waals surface area contributed by atoms with Crippen LogP contribution < -0.4 is 25.0 Å². The maximum Gasteiger partial charge on any atom is 0.326 e. The molecule has 11 nitrogen and oxygen atoms in total. The van der Waals surface area contributed by atoms with E-state index in [0.717, 1.165) is 49.0 Å². The molecule has 1 aliphatic rings. The summed E-state index contributed by atoms with van der Waals surface area (Å²) in [6, 6.07) is 21.7. The molecule has 246 valence electrons. The van der Waals surface area contributed by atoms with Gasteiger partial charge < -0.3 is 15.4 Å². The zero-order valence-electron chi connectivity index (χ0n) is 26.4. The number of aryl methyl sites for hydroxylation is 1. The highest BCUT2D eigenvalue weighted by molar-refractivity contribution is 7.92. The first-order valence-corrected chi connectivity index (χ1v) is 17.0. The van der Waals surface area contributed by atoms with E-state index in [2.05, 4.69) is 25.2 Å². The van der Waals surface area contributed by atoms with E-state index < -0.39 is 21.7 Å². The standard InChI is InChI=1S/C34H37FN6O5S/c1-23-5-4-6-29(19-23)41(34(43)38-27-10-13-31(35)32(20-27)37-24(2)42)28-15-17-40(18-16-28)22-25-7-14-33(36-21-25)46-30-11-8-26(9-12-30)39-47(3,44)45/h4-14,19-21,28,39H,15-18,22H2,1-3H3,(H,37,42)(H,38,43). The number of anilines is 4. The van der Waals surface area contributed by atoms with Crippen molar-refractivity contribution >= 4 is 44.7 Å². The predicted octanol–water partition coefficient (Wildman–Crippen LogP) is 6.35. The largest absolute Gasteiger partial charge is 0.439 e. The molecule has 13 heteroatoms. The zero-order chi connectivity index (χ0) is 33.6. The number of halogens is 1. The van der Waals surface area contributed by atoms with Crippen molar-refractivity contribution in [1.29, 1.82) is 0 Å². The summed E-state index contributed by atoms with van der Waals surface area (Å²) >= 11 is 0. The molecule has 2 heterocycles. The number of carbonyl (C=O) groups is 2. The summed E-state index contributed by atoms with van der Waals surface area (Å²) in [7, 11) is -3.36. The number of benzene rings is 3. The van der Waals surface area contributed by atoms with Gasteiger partial charge in [0.05, 0.1) is 11.9 Å². The normalized spacial score (nSPS) is 13.9. The Labute approximate surface area is 273 Å². The SMILES string of the molecule is CC(=O)Nc1cc(NC(=O)N(c2cccc(C)c2)C2CCN(Cc3ccc(Oc4ccc(NS(C)(=O)=O)cc4)nc3)CC2)ccc1F. The number of urea groups is 1. The molecule has 0 unspecified atom stereocenters. The Bertz CT molecular complexity index is 1830. The van der Waals surface area contributed by atoms with Crippen LogP contribution in [0, 0.1) is 12.7 Å². The first-order valence-electron chi connectivity index (χ1n) is 15.1. The predicted molar refractivity (Wildman–Crippen MR) is 181 cm³/mol. The number of pyridine rings is 1. The average molecular weight is 661 g/mol. The van der Waals surface area contributed by atoms with Crippen molar-refractivity contribution < 1.29 is 27.1 Å². The summed E-state index contributed by atoms with van der Waals surface area (Å²) in [4.78, 5) is 33.7. The summed E-state index contributed by atoms with van der Waals surface area (Å²) in [5.41, 5.74) is 3.62. The van der Waals surface area contributed by atoms with Crippen LogP contribution in [-0.2, 0) is 21.4 Å². The molecule has 0 radical (unpaired) electrons. The van der Waals surface area contributed by atoms with E-state index in [-0.39, 0.29) is 17.8 Å². The Kier molecular flexibility index (Phi) is 10.4. The number of nitrogens with one attached hydrogen (secondary N) is 3. The number of piperidine rings is 1. The van der Waals surface area contributed by atoms with Gasteiger partial charge in [-0.25, -0.2) is 22.6 Å². The molecular weight excluding hydrogens is 623 g/mol. The molecule has 5 rings (SSSR count). The fraction of sp³-hybridized carbons (Fsp3) is 0.265. The maximum absolute atomic E-state index is 14.2. The van der Waals surface area contributed by atoms with E-state index in [9.17, 15) is 22.4 Å². The van der Waals surface area contributed by atoms with Gasteiger partial charge in [0.1, 0.15) is 11.6 Å². The Morgan fingerprint density at radius 1 is 0.979 bits per heavy atom. The fourth-order valence-electron chi connectivity index (χ4n) is 5.43. The van der Waals surface area contributed by atoms with Crippen LogP contribution in [0.2, 0.25) is 0 Å². The number of nitrogens with zero attached hydrogens (tertiary/aromatic N) is 3. The van der Waals surface area contributed by atoms with Crippen LogP contribution in [0.1, 0.15) is 30.9 Å². The van der Waals surface area contributed by atoms with Crippen LogP contribution in [0.25, 0.3) is 0 Å². The van der Waals surface area contributed by atoms with Gasteiger partial charge in [0.2, 0.25) is 21.8 Å². The van der Waals surface area contributed by atoms with Gasteiger partial charge in [-0.1, -0.05) is 18.2 Å². The van der Waals surface area contributed by atoms with Crippen LogP contribution in [0.15, 0.2) is 85.1 Å². The molecule has 3 N–H and O–H groups in total. The molecule has 0 spiro atoms. The smallest absolute Gasteiger partial charge is 0.326 e. The van der Waals surface area contributed by atoms with Crippen LogP contribution in [0.3, 0.4) is 0 Å². The summed E-state index contributed by atoms with van der Waals surface area (Å²) in [5.74, 6) is -0.0497. The number of sulfonamides is 1. The molecule has 1 saturated heterocycles. The van der Waals surface area contributed by atoms with E-state index in [4.69, 9.17) is 4.74 Å². The lowest BCUT2D eigenvalue weighted by Crippen LogP contribution is -2.49. The number of hydrogen-bond acceptors (Lipinski definition) is 7. The first-order chi connectivity index (χ1) is 22.4. The highest BCUT2D eigenvalue weighted by atomic mass is 32.2. The molecular formula is C34H37FN6O5S.